The summed E-state index contributed by atoms with van der Waals surface area (Å²) in [6, 6.07) is 16.3. The molecule has 2 amide bonds. The number of carboxylic acids is 1. The standard InChI is InChI=1S/C27H28N2O5/c30-24(31)16-11-15-13-23(21(15)12-16)28-25(32)27(9-10-27)29-26(33)34-14-22-19-7-3-1-5-17(19)18-6-2-4-8-20(18)22/h1-8,15-16,21-23H,9-14H2,(H,28,32)(H,29,33)(H,30,31). The van der Waals surface area contributed by atoms with Crippen LogP contribution in [0.15, 0.2) is 48.5 Å². The summed E-state index contributed by atoms with van der Waals surface area (Å²) in [5.74, 6) is -0.630. The Morgan fingerprint density at radius 1 is 0.941 bits per heavy atom. The highest BCUT2D eigenvalue weighted by Crippen LogP contribution is 2.50. The van der Waals surface area contributed by atoms with Gasteiger partial charge in [-0.05, 0) is 66.2 Å². The Hall–Kier alpha value is -3.35. The minimum Gasteiger partial charge on any atom is -0.481 e. The largest absolute Gasteiger partial charge is 0.481 e. The van der Waals surface area contributed by atoms with Crippen LogP contribution in [0.5, 0.6) is 0 Å². The molecule has 2 aromatic carbocycles. The summed E-state index contributed by atoms with van der Waals surface area (Å²) < 4.78 is 5.63. The Balaban J connectivity index is 1.05. The first-order valence-corrected chi connectivity index (χ1v) is 12.1. The number of benzene rings is 2. The molecule has 0 spiro atoms. The van der Waals surface area contributed by atoms with Crippen molar-refractivity contribution in [2.75, 3.05) is 6.61 Å². The van der Waals surface area contributed by atoms with Crippen LogP contribution in [0.4, 0.5) is 4.79 Å². The van der Waals surface area contributed by atoms with Crippen LogP contribution in [-0.4, -0.2) is 41.3 Å². The van der Waals surface area contributed by atoms with E-state index in [4.69, 9.17) is 4.74 Å². The van der Waals surface area contributed by atoms with Gasteiger partial charge in [0.1, 0.15) is 12.1 Å². The number of carbonyl (C=O) groups excluding carboxylic acids is 2. The zero-order valence-electron chi connectivity index (χ0n) is 18.8. The molecule has 4 aliphatic carbocycles. The van der Waals surface area contributed by atoms with Crippen LogP contribution in [-0.2, 0) is 14.3 Å². The highest BCUT2D eigenvalue weighted by Gasteiger charge is 2.55. The molecule has 3 fully saturated rings. The summed E-state index contributed by atoms with van der Waals surface area (Å²) in [7, 11) is 0. The lowest BCUT2D eigenvalue weighted by molar-refractivity contribution is -0.141. The second-order valence-electron chi connectivity index (χ2n) is 10.3. The summed E-state index contributed by atoms with van der Waals surface area (Å²) in [6.07, 6.45) is 2.74. The van der Waals surface area contributed by atoms with Gasteiger partial charge in [0.2, 0.25) is 5.91 Å². The van der Waals surface area contributed by atoms with E-state index in [0.717, 1.165) is 17.5 Å². The van der Waals surface area contributed by atoms with Crippen molar-refractivity contribution in [1.82, 2.24) is 10.6 Å². The number of ether oxygens (including phenoxy) is 1. The van der Waals surface area contributed by atoms with Crippen molar-refractivity contribution in [2.24, 2.45) is 17.8 Å². The van der Waals surface area contributed by atoms with Crippen LogP contribution < -0.4 is 10.6 Å². The minimum atomic E-state index is -0.904. The lowest BCUT2D eigenvalue weighted by Gasteiger charge is -2.41. The number of amides is 2. The van der Waals surface area contributed by atoms with Gasteiger partial charge in [-0.1, -0.05) is 48.5 Å². The van der Waals surface area contributed by atoms with Crippen LogP contribution in [0.1, 0.15) is 49.1 Å². The molecule has 2 aromatic rings. The van der Waals surface area contributed by atoms with Gasteiger partial charge < -0.3 is 20.5 Å². The summed E-state index contributed by atoms with van der Waals surface area (Å²) in [6.45, 7) is 0.209. The highest BCUT2D eigenvalue weighted by molar-refractivity contribution is 5.93. The van der Waals surface area contributed by atoms with E-state index in [-0.39, 0.29) is 36.3 Å². The van der Waals surface area contributed by atoms with Crippen molar-refractivity contribution in [3.63, 3.8) is 0 Å². The molecule has 4 aliphatic rings. The Kier molecular flexibility index (Phi) is 4.90. The SMILES string of the molecule is O=C(NC1(C(=O)NC2CC3CC(C(=O)O)CC32)CC1)OCC1c2ccccc2-c2ccccc21. The maximum atomic E-state index is 13.0. The molecule has 0 radical (unpaired) electrons. The van der Waals surface area contributed by atoms with E-state index in [1.807, 2.05) is 24.3 Å². The fourth-order valence-electron chi connectivity index (χ4n) is 6.26. The minimum absolute atomic E-state index is 0.00337. The van der Waals surface area contributed by atoms with Crippen molar-refractivity contribution in [3.05, 3.63) is 59.7 Å². The van der Waals surface area contributed by atoms with Gasteiger partial charge in [0.05, 0.1) is 5.92 Å². The predicted molar refractivity (Wildman–Crippen MR) is 124 cm³/mol. The summed E-state index contributed by atoms with van der Waals surface area (Å²) in [5, 5.41) is 15.2. The molecule has 0 aromatic heterocycles. The van der Waals surface area contributed by atoms with Crippen LogP contribution in [0.25, 0.3) is 11.1 Å². The zero-order chi connectivity index (χ0) is 23.4. The molecule has 34 heavy (non-hydrogen) atoms. The Labute approximate surface area is 197 Å². The molecular formula is C27H28N2O5. The molecule has 0 saturated heterocycles. The molecule has 3 saturated carbocycles. The lowest BCUT2D eigenvalue weighted by atomic mass is 9.71. The van der Waals surface area contributed by atoms with Crippen LogP contribution in [0.2, 0.25) is 0 Å². The van der Waals surface area contributed by atoms with E-state index in [2.05, 4.69) is 34.9 Å². The Morgan fingerprint density at radius 3 is 2.21 bits per heavy atom. The number of hydrogen-bond donors (Lipinski definition) is 3. The van der Waals surface area contributed by atoms with Gasteiger partial charge in [-0.2, -0.15) is 0 Å². The monoisotopic (exact) mass is 460 g/mol. The number of alkyl carbamates (subject to hydrolysis) is 1. The first kappa shape index (κ1) is 21.2. The number of carbonyl (C=O) groups is 3. The molecule has 7 heteroatoms. The Morgan fingerprint density at radius 2 is 1.59 bits per heavy atom. The first-order valence-electron chi connectivity index (χ1n) is 12.1. The maximum absolute atomic E-state index is 13.0. The summed E-state index contributed by atoms with van der Waals surface area (Å²) in [5.41, 5.74) is 3.72. The van der Waals surface area contributed by atoms with Crippen LogP contribution in [0.3, 0.4) is 0 Å². The molecule has 0 heterocycles. The molecule has 176 valence electrons. The van der Waals surface area contributed by atoms with E-state index in [0.29, 0.717) is 31.6 Å². The highest BCUT2D eigenvalue weighted by atomic mass is 16.5. The third-order valence-electron chi connectivity index (χ3n) is 8.36. The van der Waals surface area contributed by atoms with Gasteiger partial charge in [-0.15, -0.1) is 0 Å². The summed E-state index contributed by atoms with van der Waals surface area (Å²) in [4.78, 5) is 36.9. The number of carboxylic acid groups (broad SMARTS) is 1. The lowest BCUT2D eigenvalue weighted by Crippen LogP contribution is -2.57. The first-order chi connectivity index (χ1) is 16.4. The fourth-order valence-corrected chi connectivity index (χ4v) is 6.26. The van der Waals surface area contributed by atoms with Crippen molar-refractivity contribution in [2.45, 2.75) is 49.6 Å². The molecule has 7 nitrogen and oxygen atoms in total. The van der Waals surface area contributed by atoms with E-state index in [1.165, 1.54) is 11.1 Å². The smallest absolute Gasteiger partial charge is 0.408 e. The van der Waals surface area contributed by atoms with E-state index >= 15 is 0 Å². The van der Waals surface area contributed by atoms with E-state index in [9.17, 15) is 19.5 Å². The predicted octanol–water partition coefficient (Wildman–Crippen LogP) is 3.67. The van der Waals surface area contributed by atoms with Gasteiger partial charge in [0.15, 0.2) is 0 Å². The second-order valence-corrected chi connectivity index (χ2v) is 10.3. The molecular weight excluding hydrogens is 432 g/mol. The van der Waals surface area contributed by atoms with Gasteiger partial charge >= 0.3 is 12.1 Å². The topological polar surface area (TPSA) is 105 Å². The molecule has 4 unspecified atom stereocenters. The van der Waals surface area contributed by atoms with Crippen molar-refractivity contribution in [1.29, 1.82) is 0 Å². The average Bonchev–Trinajstić information content (AvgIpc) is 3.42. The van der Waals surface area contributed by atoms with Crippen LogP contribution >= 0.6 is 0 Å². The summed E-state index contributed by atoms with van der Waals surface area (Å²) >= 11 is 0. The third-order valence-corrected chi connectivity index (χ3v) is 8.36. The quantitative estimate of drug-likeness (QED) is 0.610. The number of rotatable bonds is 6. The molecule has 0 aliphatic heterocycles. The molecule has 6 rings (SSSR count). The van der Waals surface area contributed by atoms with Gasteiger partial charge in [0.25, 0.3) is 0 Å². The second kappa shape index (κ2) is 7.86. The van der Waals surface area contributed by atoms with Crippen molar-refractivity contribution < 1.29 is 24.2 Å². The van der Waals surface area contributed by atoms with Crippen molar-refractivity contribution in [3.8, 4) is 11.1 Å². The van der Waals surface area contributed by atoms with Gasteiger partial charge in [0, 0.05) is 12.0 Å². The number of fused-ring (bicyclic) bond motifs is 4. The van der Waals surface area contributed by atoms with E-state index in [1.54, 1.807) is 0 Å². The average molecular weight is 461 g/mol. The third kappa shape index (κ3) is 3.45. The fraction of sp³-hybridized carbons (Fsp3) is 0.444. The number of nitrogens with one attached hydrogen (secondary N) is 2. The maximum Gasteiger partial charge on any atom is 0.408 e. The van der Waals surface area contributed by atoms with Gasteiger partial charge in [-0.25, -0.2) is 4.79 Å². The zero-order valence-corrected chi connectivity index (χ0v) is 18.8. The van der Waals surface area contributed by atoms with Crippen LogP contribution in [0, 0.1) is 17.8 Å². The van der Waals surface area contributed by atoms with Gasteiger partial charge in [-0.3, -0.25) is 9.59 Å². The normalized spacial score (nSPS) is 27.5. The molecule has 0 bridgehead atoms. The molecule has 4 atom stereocenters. The van der Waals surface area contributed by atoms with Crippen molar-refractivity contribution >= 4 is 18.0 Å². The number of hydrogen-bond acceptors (Lipinski definition) is 4. The molecule has 3 N–H and O–H groups in total. The van der Waals surface area contributed by atoms with E-state index < -0.39 is 17.6 Å². The number of aliphatic carboxylic acids is 1. The Bertz CT molecular complexity index is 1130.